The Kier molecular flexibility index (Phi) is 3.74. The van der Waals surface area contributed by atoms with Crippen molar-refractivity contribution in [1.29, 1.82) is 0 Å². The largest absolute Gasteiger partial charge is 0.493 e. The van der Waals surface area contributed by atoms with Crippen LogP contribution in [0.5, 0.6) is 5.75 Å². The van der Waals surface area contributed by atoms with Crippen LogP contribution in [0.3, 0.4) is 0 Å². The molecule has 2 aromatic rings. The van der Waals surface area contributed by atoms with E-state index >= 15 is 0 Å². The Hall–Kier alpha value is -2.34. The molecule has 2 aliphatic carbocycles. The normalized spacial score (nSPS) is 25.1. The van der Waals surface area contributed by atoms with Crippen molar-refractivity contribution in [2.24, 2.45) is 5.92 Å². The fourth-order valence-electron chi connectivity index (χ4n) is 4.05. The van der Waals surface area contributed by atoms with E-state index in [9.17, 15) is 9.90 Å². The fraction of sp³-hybridized carbons (Fsp3) is 0.500. The molecule has 0 unspecified atom stereocenters. The first kappa shape index (κ1) is 15.9. The van der Waals surface area contributed by atoms with Gasteiger partial charge in [0.25, 0.3) is 5.91 Å². The molecule has 6 heteroatoms. The predicted octanol–water partition coefficient (Wildman–Crippen LogP) is 2.73. The highest BCUT2D eigenvalue weighted by Gasteiger charge is 2.38. The molecule has 0 radical (unpaired) electrons. The van der Waals surface area contributed by atoms with Crippen LogP contribution >= 0.6 is 0 Å². The third-order valence-electron chi connectivity index (χ3n) is 5.74. The van der Waals surface area contributed by atoms with Gasteiger partial charge in [0.15, 0.2) is 12.1 Å². The number of ether oxygens (including phenoxy) is 1. The third kappa shape index (κ3) is 2.78. The number of aromatic nitrogens is 1. The molecule has 1 atom stereocenters. The van der Waals surface area contributed by atoms with Gasteiger partial charge in [-0.15, -0.1) is 0 Å². The van der Waals surface area contributed by atoms with E-state index in [1.54, 1.807) is 0 Å². The highest BCUT2D eigenvalue weighted by Crippen LogP contribution is 2.42. The number of hydrogen-bond donors (Lipinski definition) is 2. The minimum Gasteiger partial charge on any atom is -0.493 e. The van der Waals surface area contributed by atoms with Crippen LogP contribution in [0.25, 0.3) is 0 Å². The molecule has 2 N–H and O–H groups in total. The Balaban J connectivity index is 1.41. The van der Waals surface area contributed by atoms with E-state index in [-0.39, 0.29) is 24.0 Å². The number of hydrogen-bond acceptors (Lipinski definition) is 5. The first-order valence-corrected chi connectivity index (χ1v) is 9.37. The van der Waals surface area contributed by atoms with Gasteiger partial charge in [-0.2, -0.15) is 0 Å². The average Bonchev–Trinajstić information content (AvgIpc) is 3.16. The van der Waals surface area contributed by atoms with Crippen molar-refractivity contribution >= 4 is 5.91 Å². The summed E-state index contributed by atoms with van der Waals surface area (Å²) in [7, 11) is 0. The average molecular weight is 354 g/mol. The van der Waals surface area contributed by atoms with E-state index in [2.05, 4.69) is 16.4 Å². The molecule has 1 aromatic carbocycles. The summed E-state index contributed by atoms with van der Waals surface area (Å²) in [6.45, 7) is 0.710. The lowest BCUT2D eigenvalue weighted by molar-refractivity contribution is 0.0234. The van der Waals surface area contributed by atoms with E-state index in [1.165, 1.54) is 12.0 Å². The Morgan fingerprint density at radius 2 is 2.15 bits per heavy atom. The zero-order valence-electron chi connectivity index (χ0n) is 14.5. The van der Waals surface area contributed by atoms with Gasteiger partial charge in [0.1, 0.15) is 11.5 Å². The van der Waals surface area contributed by atoms with Crippen molar-refractivity contribution in [2.75, 3.05) is 6.61 Å². The molecule has 1 aliphatic heterocycles. The molecule has 26 heavy (non-hydrogen) atoms. The standard InChI is InChI=1S/C20H22N2O4/c23-15-8-14(9-15)17(13-3-4-16-12(7-13)5-6-25-16)22-20(24)18-19(11-1-2-11)26-10-21-18/h3-4,7,10-11,14-15,17,23H,1-2,5-6,8-9H2,(H,22,24)/t14?,15?,17-/m0/s1. The molecule has 136 valence electrons. The van der Waals surface area contributed by atoms with Crippen molar-refractivity contribution in [2.45, 2.75) is 50.2 Å². The topological polar surface area (TPSA) is 84.6 Å². The van der Waals surface area contributed by atoms with Crippen molar-refractivity contribution in [3.05, 3.63) is 47.2 Å². The number of nitrogens with one attached hydrogen (secondary N) is 1. The molecule has 6 nitrogen and oxygen atoms in total. The van der Waals surface area contributed by atoms with E-state index in [0.29, 0.717) is 36.8 Å². The predicted molar refractivity (Wildman–Crippen MR) is 93.1 cm³/mol. The summed E-state index contributed by atoms with van der Waals surface area (Å²) in [5.41, 5.74) is 2.65. The first-order valence-electron chi connectivity index (χ1n) is 9.37. The van der Waals surface area contributed by atoms with Gasteiger partial charge in [-0.25, -0.2) is 4.98 Å². The number of carbonyl (C=O) groups is 1. The molecular formula is C20H22N2O4. The SMILES string of the molecule is O=C(N[C@@H](c1ccc2c(c1)CCO2)C1CC(O)C1)c1ncoc1C1CC1. The molecule has 1 amide bonds. The minimum absolute atomic E-state index is 0.138. The van der Waals surface area contributed by atoms with Crippen LogP contribution in [-0.4, -0.2) is 28.7 Å². The van der Waals surface area contributed by atoms with E-state index in [0.717, 1.165) is 30.6 Å². The summed E-state index contributed by atoms with van der Waals surface area (Å²) in [5.74, 6) is 2.01. The number of aliphatic hydroxyl groups excluding tert-OH is 1. The van der Waals surface area contributed by atoms with Crippen molar-refractivity contribution in [3.63, 3.8) is 0 Å². The second-order valence-corrected chi connectivity index (χ2v) is 7.64. The molecular weight excluding hydrogens is 332 g/mol. The maximum atomic E-state index is 12.9. The summed E-state index contributed by atoms with van der Waals surface area (Å²) in [6.07, 6.45) is 5.49. The number of fused-ring (bicyclic) bond motifs is 1. The number of nitrogens with zero attached hydrogens (tertiary/aromatic N) is 1. The molecule has 0 saturated heterocycles. The zero-order valence-corrected chi connectivity index (χ0v) is 14.5. The molecule has 3 aliphatic rings. The number of carbonyl (C=O) groups excluding carboxylic acids is 1. The summed E-state index contributed by atoms with van der Waals surface area (Å²) in [4.78, 5) is 17.0. The lowest BCUT2D eigenvalue weighted by Crippen LogP contribution is -2.41. The van der Waals surface area contributed by atoms with Gasteiger partial charge in [-0.3, -0.25) is 4.79 Å². The number of oxazole rings is 1. The van der Waals surface area contributed by atoms with Gasteiger partial charge >= 0.3 is 0 Å². The molecule has 2 heterocycles. The number of amides is 1. The van der Waals surface area contributed by atoms with E-state index < -0.39 is 0 Å². The molecule has 5 rings (SSSR count). The maximum Gasteiger partial charge on any atom is 0.274 e. The van der Waals surface area contributed by atoms with Crippen LogP contribution in [0.1, 0.15) is 65.0 Å². The van der Waals surface area contributed by atoms with Crippen molar-refractivity contribution in [3.8, 4) is 5.75 Å². The maximum absolute atomic E-state index is 12.9. The summed E-state index contributed by atoms with van der Waals surface area (Å²) in [6, 6.07) is 5.99. The van der Waals surface area contributed by atoms with Crippen LogP contribution in [-0.2, 0) is 6.42 Å². The Labute approximate surface area is 151 Å². The van der Waals surface area contributed by atoms with Crippen LogP contribution in [0.2, 0.25) is 0 Å². The van der Waals surface area contributed by atoms with E-state index in [1.807, 2.05) is 12.1 Å². The van der Waals surface area contributed by atoms with Gasteiger partial charge in [0.05, 0.1) is 18.8 Å². The summed E-state index contributed by atoms with van der Waals surface area (Å²) >= 11 is 0. The summed E-state index contributed by atoms with van der Waals surface area (Å²) in [5, 5.41) is 12.9. The molecule has 1 aromatic heterocycles. The highest BCUT2D eigenvalue weighted by molar-refractivity contribution is 5.93. The lowest BCUT2D eigenvalue weighted by Gasteiger charge is -2.38. The molecule has 0 bridgehead atoms. The fourth-order valence-corrected chi connectivity index (χ4v) is 4.05. The Bertz CT molecular complexity index is 836. The van der Waals surface area contributed by atoms with Gasteiger partial charge in [-0.1, -0.05) is 6.07 Å². The smallest absolute Gasteiger partial charge is 0.274 e. The minimum atomic E-state index is -0.272. The number of rotatable bonds is 5. The summed E-state index contributed by atoms with van der Waals surface area (Å²) < 4.78 is 11.0. The van der Waals surface area contributed by atoms with Gasteiger partial charge < -0.3 is 19.6 Å². The van der Waals surface area contributed by atoms with E-state index in [4.69, 9.17) is 9.15 Å². The Morgan fingerprint density at radius 3 is 2.92 bits per heavy atom. The number of aliphatic hydroxyl groups is 1. The third-order valence-corrected chi connectivity index (χ3v) is 5.74. The second-order valence-electron chi connectivity index (χ2n) is 7.64. The van der Waals surface area contributed by atoms with Crippen LogP contribution < -0.4 is 10.1 Å². The van der Waals surface area contributed by atoms with Crippen LogP contribution in [0.4, 0.5) is 0 Å². The molecule has 2 fully saturated rings. The van der Waals surface area contributed by atoms with Crippen LogP contribution in [0, 0.1) is 5.92 Å². The van der Waals surface area contributed by atoms with Crippen molar-refractivity contribution in [1.82, 2.24) is 10.3 Å². The van der Waals surface area contributed by atoms with Crippen LogP contribution in [0.15, 0.2) is 29.0 Å². The lowest BCUT2D eigenvalue weighted by atomic mass is 9.74. The molecule has 2 saturated carbocycles. The quantitative estimate of drug-likeness (QED) is 0.862. The van der Waals surface area contributed by atoms with Gasteiger partial charge in [-0.05, 0) is 54.9 Å². The molecule has 0 spiro atoms. The van der Waals surface area contributed by atoms with Gasteiger partial charge in [0.2, 0.25) is 0 Å². The van der Waals surface area contributed by atoms with Gasteiger partial charge in [0, 0.05) is 12.3 Å². The zero-order chi connectivity index (χ0) is 17.7. The Morgan fingerprint density at radius 1 is 1.31 bits per heavy atom. The second kappa shape index (κ2) is 6.13. The highest BCUT2D eigenvalue weighted by atomic mass is 16.5. The van der Waals surface area contributed by atoms with Crippen molar-refractivity contribution < 1.29 is 19.1 Å². The first-order chi connectivity index (χ1) is 12.7. The number of benzene rings is 1. The monoisotopic (exact) mass is 354 g/mol.